The van der Waals surface area contributed by atoms with Crippen LogP contribution in [0.15, 0.2) is 16.6 Å². The number of methoxy groups -OCH3 is 1. The Kier molecular flexibility index (Phi) is 4.88. The van der Waals surface area contributed by atoms with Crippen molar-refractivity contribution in [2.45, 2.75) is 19.5 Å². The molecule has 0 saturated carbocycles. The van der Waals surface area contributed by atoms with Gasteiger partial charge in [-0.15, -0.1) is 0 Å². The molecule has 110 valence electrons. The number of nitrogens with zero attached hydrogens (tertiary/aromatic N) is 1. The Hall–Kier alpha value is -1.27. The molecule has 1 unspecified atom stereocenters. The molecule has 1 heterocycles. The number of carbonyl (C=O) groups excluding carboxylic acids is 1. The van der Waals surface area contributed by atoms with Gasteiger partial charge in [-0.3, -0.25) is 9.69 Å². The van der Waals surface area contributed by atoms with Gasteiger partial charge in [-0.2, -0.15) is 0 Å². The molecule has 0 radical (unpaired) electrons. The van der Waals surface area contributed by atoms with Crippen molar-refractivity contribution >= 4 is 21.8 Å². The lowest BCUT2D eigenvalue weighted by molar-refractivity contribution is -0.118. The van der Waals surface area contributed by atoms with Gasteiger partial charge in [0.2, 0.25) is 5.91 Å². The van der Waals surface area contributed by atoms with Gasteiger partial charge in [0.25, 0.3) is 0 Å². The number of nitrogens with one attached hydrogen (secondary N) is 1. The molecule has 1 aromatic rings. The van der Waals surface area contributed by atoms with Gasteiger partial charge < -0.3 is 14.8 Å². The second-order valence-electron chi connectivity index (χ2n) is 4.77. The molecular formula is C14H19BrN2O3. The first kappa shape index (κ1) is 15.1. The van der Waals surface area contributed by atoms with Crippen LogP contribution in [0.5, 0.6) is 11.5 Å². The maximum absolute atomic E-state index is 11.5. The molecule has 0 spiro atoms. The Labute approximate surface area is 127 Å². The molecule has 20 heavy (non-hydrogen) atoms. The summed E-state index contributed by atoms with van der Waals surface area (Å²) in [6.07, 6.45) is 0.798. The van der Waals surface area contributed by atoms with Crippen molar-refractivity contribution in [1.29, 1.82) is 0 Å². The molecule has 1 saturated heterocycles. The monoisotopic (exact) mass is 342 g/mol. The molecule has 6 heteroatoms. The summed E-state index contributed by atoms with van der Waals surface area (Å²) >= 11 is 3.51. The van der Waals surface area contributed by atoms with Crippen molar-refractivity contribution in [3.8, 4) is 11.5 Å². The first-order valence-electron chi connectivity index (χ1n) is 6.56. The van der Waals surface area contributed by atoms with Crippen LogP contribution in [0.25, 0.3) is 0 Å². The standard InChI is InChI=1S/C14H19BrN2O3/c1-4-5-20-13-10(15)6-9(7-11(13)19-3)14-16-12(18)8-17(14)2/h6-7,14H,4-5,8H2,1-3H3,(H,16,18). The van der Waals surface area contributed by atoms with Crippen LogP contribution < -0.4 is 14.8 Å². The zero-order valence-electron chi connectivity index (χ0n) is 11.9. The van der Waals surface area contributed by atoms with Crippen LogP contribution in [0.3, 0.4) is 0 Å². The summed E-state index contributed by atoms with van der Waals surface area (Å²) in [5.41, 5.74) is 0.964. The number of likely N-dealkylation sites (N-methyl/N-ethyl adjacent to an activating group) is 1. The topological polar surface area (TPSA) is 50.8 Å². The van der Waals surface area contributed by atoms with E-state index in [1.165, 1.54) is 0 Å². The Morgan fingerprint density at radius 2 is 2.25 bits per heavy atom. The van der Waals surface area contributed by atoms with E-state index >= 15 is 0 Å². The van der Waals surface area contributed by atoms with Crippen molar-refractivity contribution < 1.29 is 14.3 Å². The minimum atomic E-state index is -0.132. The number of halogens is 1. The van der Waals surface area contributed by atoms with E-state index in [1.807, 2.05) is 24.1 Å². The number of rotatable bonds is 5. The fourth-order valence-electron chi connectivity index (χ4n) is 2.21. The normalized spacial score (nSPS) is 19.0. The van der Waals surface area contributed by atoms with Gasteiger partial charge >= 0.3 is 0 Å². The minimum Gasteiger partial charge on any atom is -0.493 e. The molecule has 1 amide bonds. The number of amides is 1. The van der Waals surface area contributed by atoms with Crippen LogP contribution in [0.1, 0.15) is 25.1 Å². The summed E-state index contributed by atoms with van der Waals surface area (Å²) in [5.74, 6) is 1.39. The predicted octanol–water partition coefficient (Wildman–Crippen LogP) is 2.31. The number of benzene rings is 1. The lowest BCUT2D eigenvalue weighted by atomic mass is 10.1. The fourth-order valence-corrected chi connectivity index (χ4v) is 2.78. The minimum absolute atomic E-state index is 0.0268. The van der Waals surface area contributed by atoms with E-state index < -0.39 is 0 Å². The molecule has 2 rings (SSSR count). The van der Waals surface area contributed by atoms with E-state index in [9.17, 15) is 4.79 Å². The molecule has 1 aliphatic rings. The molecule has 1 fully saturated rings. The van der Waals surface area contributed by atoms with Crippen LogP contribution in [-0.4, -0.2) is 38.1 Å². The fraction of sp³-hybridized carbons (Fsp3) is 0.500. The Morgan fingerprint density at radius 1 is 1.50 bits per heavy atom. The van der Waals surface area contributed by atoms with Gasteiger partial charge in [0.15, 0.2) is 11.5 Å². The highest BCUT2D eigenvalue weighted by atomic mass is 79.9. The van der Waals surface area contributed by atoms with Crippen molar-refractivity contribution in [2.75, 3.05) is 27.3 Å². The first-order chi connectivity index (χ1) is 9.56. The van der Waals surface area contributed by atoms with Crippen molar-refractivity contribution in [2.24, 2.45) is 0 Å². The second kappa shape index (κ2) is 6.45. The zero-order chi connectivity index (χ0) is 14.7. The van der Waals surface area contributed by atoms with Crippen LogP contribution in [-0.2, 0) is 4.79 Å². The van der Waals surface area contributed by atoms with E-state index in [0.29, 0.717) is 24.7 Å². The van der Waals surface area contributed by atoms with Crippen LogP contribution in [0, 0.1) is 0 Å². The zero-order valence-corrected chi connectivity index (χ0v) is 13.5. The van der Waals surface area contributed by atoms with E-state index in [4.69, 9.17) is 9.47 Å². The number of carbonyl (C=O) groups is 1. The predicted molar refractivity (Wildman–Crippen MR) is 80.0 cm³/mol. The van der Waals surface area contributed by atoms with Crippen molar-refractivity contribution in [1.82, 2.24) is 10.2 Å². The van der Waals surface area contributed by atoms with E-state index in [2.05, 4.69) is 28.2 Å². The van der Waals surface area contributed by atoms with Gasteiger partial charge in [-0.1, -0.05) is 6.92 Å². The summed E-state index contributed by atoms with van der Waals surface area (Å²) in [7, 11) is 3.52. The SMILES string of the molecule is CCCOc1c(Br)cc(C2NC(=O)CN2C)cc1OC. The molecule has 0 aliphatic carbocycles. The van der Waals surface area contributed by atoms with Gasteiger partial charge in [0.05, 0.1) is 24.7 Å². The second-order valence-corrected chi connectivity index (χ2v) is 5.62. The van der Waals surface area contributed by atoms with E-state index in [0.717, 1.165) is 16.5 Å². The summed E-state index contributed by atoms with van der Waals surface area (Å²) in [5, 5.41) is 2.93. The third-order valence-electron chi connectivity index (χ3n) is 3.15. The van der Waals surface area contributed by atoms with Gasteiger partial charge in [0.1, 0.15) is 6.17 Å². The average Bonchev–Trinajstić information content (AvgIpc) is 2.75. The molecule has 5 nitrogen and oxygen atoms in total. The Bertz CT molecular complexity index is 507. The summed E-state index contributed by atoms with van der Waals surface area (Å²) in [6, 6.07) is 3.86. The summed E-state index contributed by atoms with van der Waals surface area (Å²) < 4.78 is 11.9. The van der Waals surface area contributed by atoms with Crippen LogP contribution in [0.2, 0.25) is 0 Å². The number of hydrogen-bond acceptors (Lipinski definition) is 4. The first-order valence-corrected chi connectivity index (χ1v) is 7.36. The lowest BCUT2D eigenvalue weighted by Gasteiger charge is -2.21. The third kappa shape index (κ3) is 3.07. The smallest absolute Gasteiger partial charge is 0.235 e. The molecule has 0 bridgehead atoms. The summed E-state index contributed by atoms with van der Waals surface area (Å²) in [6.45, 7) is 3.09. The molecule has 1 aliphatic heterocycles. The Balaban J connectivity index is 2.32. The van der Waals surface area contributed by atoms with Crippen LogP contribution >= 0.6 is 15.9 Å². The molecular weight excluding hydrogens is 324 g/mol. The maximum Gasteiger partial charge on any atom is 0.235 e. The Morgan fingerprint density at radius 3 is 2.80 bits per heavy atom. The van der Waals surface area contributed by atoms with Crippen LogP contribution in [0.4, 0.5) is 0 Å². The molecule has 1 aromatic carbocycles. The van der Waals surface area contributed by atoms with Gasteiger partial charge in [-0.05, 0) is 47.1 Å². The molecule has 1 N–H and O–H groups in total. The highest BCUT2D eigenvalue weighted by molar-refractivity contribution is 9.10. The third-order valence-corrected chi connectivity index (χ3v) is 3.74. The van der Waals surface area contributed by atoms with E-state index in [1.54, 1.807) is 7.11 Å². The summed E-state index contributed by atoms with van der Waals surface area (Å²) in [4.78, 5) is 13.4. The lowest BCUT2D eigenvalue weighted by Crippen LogP contribution is -2.24. The quantitative estimate of drug-likeness (QED) is 0.892. The van der Waals surface area contributed by atoms with Gasteiger partial charge in [0, 0.05) is 0 Å². The van der Waals surface area contributed by atoms with Crippen molar-refractivity contribution in [3.05, 3.63) is 22.2 Å². The highest BCUT2D eigenvalue weighted by Crippen LogP contribution is 2.39. The molecule has 1 atom stereocenters. The molecule has 0 aromatic heterocycles. The average molecular weight is 343 g/mol. The van der Waals surface area contributed by atoms with Crippen molar-refractivity contribution in [3.63, 3.8) is 0 Å². The number of ether oxygens (including phenoxy) is 2. The highest BCUT2D eigenvalue weighted by Gasteiger charge is 2.29. The van der Waals surface area contributed by atoms with Gasteiger partial charge in [-0.25, -0.2) is 0 Å². The number of hydrogen-bond donors (Lipinski definition) is 1. The largest absolute Gasteiger partial charge is 0.493 e. The maximum atomic E-state index is 11.5. The van der Waals surface area contributed by atoms with E-state index in [-0.39, 0.29) is 12.1 Å².